The van der Waals surface area contributed by atoms with E-state index in [0.29, 0.717) is 23.0 Å². The summed E-state index contributed by atoms with van der Waals surface area (Å²) >= 11 is 0. The molecule has 0 bridgehead atoms. The van der Waals surface area contributed by atoms with Gasteiger partial charge in [-0.25, -0.2) is 0 Å². The summed E-state index contributed by atoms with van der Waals surface area (Å²) in [5, 5.41) is 28.9. The molecule has 0 atom stereocenters. The average molecular weight is 697 g/mol. The van der Waals surface area contributed by atoms with E-state index in [1.807, 2.05) is 170 Å². The monoisotopic (exact) mass is 696 g/mol. The largest absolute Gasteiger partial charge is 0.451 e. The number of fused-ring (bicyclic) bond motifs is 4. The Morgan fingerprint density at radius 2 is 0.519 bits per heavy atom. The van der Waals surface area contributed by atoms with Gasteiger partial charge in [0.15, 0.2) is 11.5 Å². The van der Waals surface area contributed by atoms with E-state index in [9.17, 15) is 10.5 Å². The predicted octanol–water partition coefficient (Wildman–Crippen LogP) is 13.2. The SMILES string of the molecule is N#Cc1c(C#N)c(Oc2cccc3ccccc23)c(Oc2cccc3ccccc23)c(Oc2cccc3ccccc23)c1Oc1cccc2ccccc12. The van der Waals surface area contributed by atoms with Crippen LogP contribution in [0.1, 0.15) is 11.1 Å². The minimum Gasteiger partial charge on any atom is -0.451 e. The lowest BCUT2D eigenvalue weighted by Gasteiger charge is -2.23. The van der Waals surface area contributed by atoms with Gasteiger partial charge in [-0.3, -0.25) is 0 Å². The molecule has 0 heterocycles. The highest BCUT2D eigenvalue weighted by atomic mass is 16.6. The highest BCUT2D eigenvalue weighted by Crippen LogP contribution is 2.56. The Hall–Kier alpha value is -7.80. The summed E-state index contributed by atoms with van der Waals surface area (Å²) in [5.74, 6) is 2.07. The van der Waals surface area contributed by atoms with E-state index in [4.69, 9.17) is 18.9 Å². The Bertz CT molecular complexity index is 2770. The highest BCUT2D eigenvalue weighted by molar-refractivity contribution is 5.93. The summed E-state index contributed by atoms with van der Waals surface area (Å²) in [7, 11) is 0. The molecule has 0 N–H and O–H groups in total. The van der Waals surface area contributed by atoms with Crippen LogP contribution in [-0.4, -0.2) is 0 Å². The van der Waals surface area contributed by atoms with Gasteiger partial charge < -0.3 is 18.9 Å². The van der Waals surface area contributed by atoms with E-state index in [0.717, 1.165) is 43.1 Å². The summed E-state index contributed by atoms with van der Waals surface area (Å²) in [6, 6.07) is 58.7. The predicted molar refractivity (Wildman–Crippen MR) is 212 cm³/mol. The third kappa shape index (κ3) is 5.71. The number of nitriles is 2. The van der Waals surface area contributed by atoms with Crippen molar-refractivity contribution in [3.63, 3.8) is 0 Å². The number of benzene rings is 9. The summed E-state index contributed by atoms with van der Waals surface area (Å²) in [5.41, 5.74) is -0.137. The molecular weight excluding hydrogens is 669 g/mol. The van der Waals surface area contributed by atoms with Gasteiger partial charge in [-0.05, 0) is 45.8 Å². The molecule has 0 aliphatic carbocycles. The van der Waals surface area contributed by atoms with Crippen molar-refractivity contribution >= 4 is 43.1 Å². The van der Waals surface area contributed by atoms with Crippen molar-refractivity contribution in [3.05, 3.63) is 181 Å². The number of ether oxygens (including phenoxy) is 4. The van der Waals surface area contributed by atoms with Crippen molar-refractivity contribution < 1.29 is 18.9 Å². The molecule has 0 fully saturated rings. The van der Waals surface area contributed by atoms with Crippen molar-refractivity contribution in [1.29, 1.82) is 10.5 Å². The van der Waals surface area contributed by atoms with Crippen LogP contribution in [0.3, 0.4) is 0 Å². The first-order chi connectivity index (χ1) is 26.7. The van der Waals surface area contributed by atoms with Crippen LogP contribution in [0.15, 0.2) is 170 Å². The molecule has 0 saturated heterocycles. The minimum absolute atomic E-state index is 0.0128. The zero-order valence-corrected chi connectivity index (χ0v) is 28.7. The van der Waals surface area contributed by atoms with Crippen molar-refractivity contribution in [2.45, 2.75) is 0 Å². The third-order valence-corrected chi connectivity index (χ3v) is 9.39. The van der Waals surface area contributed by atoms with Crippen LogP contribution in [0.2, 0.25) is 0 Å². The van der Waals surface area contributed by atoms with Crippen molar-refractivity contribution in [1.82, 2.24) is 0 Å². The van der Waals surface area contributed by atoms with Crippen LogP contribution in [0.5, 0.6) is 46.0 Å². The molecule has 9 rings (SSSR count). The van der Waals surface area contributed by atoms with Gasteiger partial charge in [0.1, 0.15) is 46.3 Å². The molecule has 0 aliphatic heterocycles. The molecule has 0 aromatic heterocycles. The summed E-state index contributed by atoms with van der Waals surface area (Å²) in [6.07, 6.45) is 0. The Morgan fingerprint density at radius 1 is 0.278 bits per heavy atom. The van der Waals surface area contributed by atoms with Gasteiger partial charge in [-0.15, -0.1) is 0 Å². The number of hydrogen-bond acceptors (Lipinski definition) is 6. The van der Waals surface area contributed by atoms with Crippen LogP contribution < -0.4 is 18.9 Å². The second-order valence-electron chi connectivity index (χ2n) is 12.6. The Labute approximate surface area is 310 Å². The van der Waals surface area contributed by atoms with Gasteiger partial charge in [-0.2, -0.15) is 10.5 Å². The average Bonchev–Trinajstić information content (AvgIpc) is 3.23. The van der Waals surface area contributed by atoms with Gasteiger partial charge in [0.25, 0.3) is 0 Å². The van der Waals surface area contributed by atoms with Gasteiger partial charge in [-0.1, -0.05) is 146 Å². The standard InChI is InChI=1S/C48H28N2O4/c49-29-39-40(30-50)46(52-42-26-10-18-32-14-2-6-22-36(32)42)48(54-44-28-12-20-34-16-4-8-24-38(34)44)47(53-43-27-11-19-33-15-3-7-23-37(33)43)45(39)51-41-25-9-17-31-13-1-5-21-35(31)41/h1-28H. The van der Waals surface area contributed by atoms with E-state index < -0.39 is 0 Å². The number of hydrogen-bond donors (Lipinski definition) is 0. The van der Waals surface area contributed by atoms with E-state index in [-0.39, 0.29) is 34.1 Å². The molecule has 6 heteroatoms. The lowest BCUT2D eigenvalue weighted by molar-refractivity contribution is 0.369. The highest BCUT2D eigenvalue weighted by Gasteiger charge is 2.32. The molecule has 54 heavy (non-hydrogen) atoms. The number of nitrogens with zero attached hydrogens (tertiary/aromatic N) is 2. The molecule has 0 radical (unpaired) electrons. The van der Waals surface area contributed by atoms with Crippen molar-refractivity contribution in [2.24, 2.45) is 0 Å². The molecule has 0 saturated carbocycles. The zero-order valence-electron chi connectivity index (χ0n) is 28.7. The molecule has 9 aromatic rings. The maximum absolute atomic E-state index is 10.9. The van der Waals surface area contributed by atoms with E-state index in [1.54, 1.807) is 0 Å². The van der Waals surface area contributed by atoms with E-state index >= 15 is 0 Å². The fourth-order valence-electron chi connectivity index (χ4n) is 6.83. The quantitative estimate of drug-likeness (QED) is 0.157. The Kier molecular flexibility index (Phi) is 8.17. The summed E-state index contributed by atoms with van der Waals surface area (Å²) in [6.45, 7) is 0. The lowest BCUT2D eigenvalue weighted by Crippen LogP contribution is -2.04. The molecular formula is C48H28N2O4. The molecule has 0 spiro atoms. The fourth-order valence-corrected chi connectivity index (χ4v) is 6.83. The first-order valence-electron chi connectivity index (χ1n) is 17.4. The van der Waals surface area contributed by atoms with Crippen LogP contribution in [-0.2, 0) is 0 Å². The topological polar surface area (TPSA) is 84.5 Å². The van der Waals surface area contributed by atoms with Crippen LogP contribution in [0.25, 0.3) is 43.1 Å². The maximum Gasteiger partial charge on any atom is 0.217 e. The number of rotatable bonds is 8. The zero-order chi connectivity index (χ0) is 36.4. The van der Waals surface area contributed by atoms with Crippen LogP contribution in [0, 0.1) is 22.7 Å². The van der Waals surface area contributed by atoms with E-state index in [2.05, 4.69) is 12.1 Å². The Morgan fingerprint density at radius 3 is 0.796 bits per heavy atom. The smallest absolute Gasteiger partial charge is 0.217 e. The third-order valence-electron chi connectivity index (χ3n) is 9.39. The molecule has 0 unspecified atom stereocenters. The summed E-state index contributed by atoms with van der Waals surface area (Å²) < 4.78 is 27.4. The van der Waals surface area contributed by atoms with Gasteiger partial charge in [0, 0.05) is 21.5 Å². The first-order valence-corrected chi connectivity index (χ1v) is 17.4. The molecule has 0 aliphatic rings. The van der Waals surface area contributed by atoms with Gasteiger partial charge in [0.2, 0.25) is 11.5 Å². The minimum atomic E-state index is -0.0684. The molecule has 6 nitrogen and oxygen atoms in total. The van der Waals surface area contributed by atoms with Gasteiger partial charge >= 0.3 is 0 Å². The second kappa shape index (κ2) is 13.7. The van der Waals surface area contributed by atoms with Gasteiger partial charge in [0.05, 0.1) is 0 Å². The van der Waals surface area contributed by atoms with Crippen molar-refractivity contribution in [3.8, 4) is 58.1 Å². The fraction of sp³-hybridized carbons (Fsp3) is 0. The van der Waals surface area contributed by atoms with Crippen molar-refractivity contribution in [2.75, 3.05) is 0 Å². The lowest BCUT2D eigenvalue weighted by atomic mass is 10.0. The first kappa shape index (κ1) is 32.1. The molecule has 0 amide bonds. The second-order valence-corrected chi connectivity index (χ2v) is 12.6. The normalized spacial score (nSPS) is 10.9. The van der Waals surface area contributed by atoms with E-state index in [1.165, 1.54) is 0 Å². The maximum atomic E-state index is 10.9. The van der Waals surface area contributed by atoms with Crippen LogP contribution in [0.4, 0.5) is 0 Å². The summed E-state index contributed by atoms with van der Waals surface area (Å²) in [4.78, 5) is 0. The Balaban J connectivity index is 1.37. The molecule has 254 valence electrons. The van der Waals surface area contributed by atoms with Crippen LogP contribution >= 0.6 is 0 Å². The molecule has 9 aromatic carbocycles.